The molecule has 0 atom stereocenters. The van der Waals surface area contributed by atoms with Crippen LogP contribution in [0.25, 0.3) is 0 Å². The molecule has 7 nitrogen and oxygen atoms in total. The van der Waals surface area contributed by atoms with E-state index in [0.717, 1.165) is 7.11 Å². The fourth-order valence-electron chi connectivity index (χ4n) is 2.94. The first kappa shape index (κ1) is 17.9. The minimum atomic E-state index is -4.00. The number of halogens is 1. The van der Waals surface area contributed by atoms with Crippen molar-refractivity contribution in [2.75, 3.05) is 25.2 Å². The highest BCUT2D eigenvalue weighted by Gasteiger charge is 2.36. The Morgan fingerprint density at radius 1 is 1.11 bits per heavy atom. The van der Waals surface area contributed by atoms with Gasteiger partial charge in [-0.3, -0.25) is 0 Å². The van der Waals surface area contributed by atoms with Crippen molar-refractivity contribution in [2.24, 2.45) is 0 Å². The van der Waals surface area contributed by atoms with E-state index in [1.54, 1.807) is 35.2 Å². The van der Waals surface area contributed by atoms with Gasteiger partial charge in [-0.1, -0.05) is 15.9 Å². The molecule has 0 radical (unpaired) electrons. The lowest BCUT2D eigenvalue weighted by molar-refractivity contribution is -0.135. The lowest BCUT2D eigenvalue weighted by Crippen LogP contribution is -2.26. The number of rotatable bonds is 2. The Kier molecular flexibility index (Phi) is 4.35. The monoisotopic (exact) mass is 451 g/mol. The normalized spacial score (nSPS) is 17.0. The summed E-state index contributed by atoms with van der Waals surface area (Å²) in [7, 11) is -2.86. The molecule has 0 aromatic heterocycles. The molecule has 2 aromatic rings. The molecule has 140 valence electrons. The number of carbonyl (C=O) groups excluding carboxylic acids is 1. The van der Waals surface area contributed by atoms with Gasteiger partial charge in [-0.05, 0) is 30.3 Å². The van der Waals surface area contributed by atoms with Crippen LogP contribution in [0.2, 0.25) is 0 Å². The van der Waals surface area contributed by atoms with Gasteiger partial charge in [-0.15, -0.1) is 0 Å². The maximum absolute atomic E-state index is 12.9. The van der Waals surface area contributed by atoms with Gasteiger partial charge in [0.1, 0.15) is 13.2 Å². The van der Waals surface area contributed by atoms with Crippen LogP contribution in [-0.2, 0) is 19.4 Å². The van der Waals surface area contributed by atoms with Gasteiger partial charge >= 0.3 is 5.97 Å². The maximum Gasteiger partial charge on any atom is 0.351 e. The van der Waals surface area contributed by atoms with Gasteiger partial charge in [-0.25, -0.2) is 13.2 Å². The molecular formula is C18H14BrNO6S. The fourth-order valence-corrected chi connectivity index (χ4v) is 4.75. The predicted octanol–water partition coefficient (Wildman–Crippen LogP) is 3.16. The number of esters is 1. The average molecular weight is 452 g/mol. The van der Waals surface area contributed by atoms with E-state index in [0.29, 0.717) is 40.6 Å². The zero-order chi connectivity index (χ0) is 19.2. The second-order valence-corrected chi connectivity index (χ2v) is 8.60. The molecule has 2 aliphatic heterocycles. The van der Waals surface area contributed by atoms with Crippen LogP contribution in [0.4, 0.5) is 11.4 Å². The van der Waals surface area contributed by atoms with E-state index in [4.69, 9.17) is 9.47 Å². The molecular weight excluding hydrogens is 438 g/mol. The van der Waals surface area contributed by atoms with Crippen molar-refractivity contribution in [2.45, 2.75) is 4.90 Å². The third-order valence-electron chi connectivity index (χ3n) is 4.20. The topological polar surface area (TPSA) is 82.1 Å². The molecule has 0 unspecified atom stereocenters. The second-order valence-electron chi connectivity index (χ2n) is 5.80. The summed E-state index contributed by atoms with van der Waals surface area (Å²) < 4.78 is 42.3. The summed E-state index contributed by atoms with van der Waals surface area (Å²) in [5, 5.41) is 0. The molecule has 9 heteroatoms. The highest BCUT2D eigenvalue weighted by atomic mass is 79.9. The molecule has 2 aliphatic rings. The lowest BCUT2D eigenvalue weighted by atomic mass is 10.2. The van der Waals surface area contributed by atoms with E-state index >= 15 is 0 Å². The average Bonchev–Trinajstić information content (AvgIpc) is 2.67. The molecule has 27 heavy (non-hydrogen) atoms. The van der Waals surface area contributed by atoms with E-state index in [1.165, 1.54) is 12.3 Å². The largest absolute Gasteiger partial charge is 0.486 e. The molecule has 2 heterocycles. The van der Waals surface area contributed by atoms with Crippen molar-refractivity contribution in [3.63, 3.8) is 0 Å². The number of fused-ring (bicyclic) bond motifs is 2. The van der Waals surface area contributed by atoms with E-state index in [9.17, 15) is 13.2 Å². The van der Waals surface area contributed by atoms with Crippen molar-refractivity contribution in [1.29, 1.82) is 0 Å². The van der Waals surface area contributed by atoms with Crippen molar-refractivity contribution in [3.05, 3.63) is 52.0 Å². The fraction of sp³-hybridized carbons (Fsp3) is 0.167. The van der Waals surface area contributed by atoms with Crippen molar-refractivity contribution in [1.82, 2.24) is 0 Å². The van der Waals surface area contributed by atoms with Crippen molar-refractivity contribution in [3.8, 4) is 11.5 Å². The summed E-state index contributed by atoms with van der Waals surface area (Å²) >= 11 is 3.37. The molecule has 0 fully saturated rings. The maximum atomic E-state index is 12.9. The highest BCUT2D eigenvalue weighted by molar-refractivity contribution is 9.10. The molecule has 0 bridgehead atoms. The van der Waals surface area contributed by atoms with E-state index in [-0.39, 0.29) is 4.90 Å². The zero-order valence-corrected chi connectivity index (χ0v) is 16.5. The Balaban J connectivity index is 1.93. The first-order valence-corrected chi connectivity index (χ1v) is 10.2. The summed E-state index contributed by atoms with van der Waals surface area (Å²) in [6.45, 7) is 0.896. The number of sulfone groups is 1. The molecule has 0 saturated carbocycles. The number of hydrogen-bond acceptors (Lipinski definition) is 7. The Labute approximate surface area is 164 Å². The summed E-state index contributed by atoms with van der Waals surface area (Å²) in [6.07, 6.45) is 1.27. The number of ether oxygens (including phenoxy) is 3. The number of carbonyl (C=O) groups is 1. The lowest BCUT2D eigenvalue weighted by Gasteiger charge is -2.29. The second kappa shape index (κ2) is 6.58. The summed E-state index contributed by atoms with van der Waals surface area (Å²) in [5.74, 6) is 0.240. The van der Waals surface area contributed by atoms with Crippen molar-refractivity contribution >= 4 is 43.1 Å². The molecule has 2 aromatic carbocycles. The van der Waals surface area contributed by atoms with Crippen molar-refractivity contribution < 1.29 is 27.4 Å². The molecule has 0 spiro atoms. The molecule has 0 amide bonds. The summed E-state index contributed by atoms with van der Waals surface area (Å²) in [4.78, 5) is 13.3. The molecule has 4 rings (SSSR count). The Bertz CT molecular complexity index is 1080. The Morgan fingerprint density at radius 3 is 2.59 bits per heavy atom. The predicted molar refractivity (Wildman–Crippen MR) is 101 cm³/mol. The third-order valence-corrected chi connectivity index (χ3v) is 6.47. The van der Waals surface area contributed by atoms with Crippen LogP contribution in [0.3, 0.4) is 0 Å². The van der Waals surface area contributed by atoms with Gasteiger partial charge in [0, 0.05) is 22.4 Å². The van der Waals surface area contributed by atoms with Gasteiger partial charge < -0.3 is 19.1 Å². The van der Waals surface area contributed by atoms with Crippen LogP contribution >= 0.6 is 15.9 Å². The SMILES string of the molecule is COC(=O)C1=CN(c2ccc3c(c2)OCCO3)c2cc(Br)ccc2S1(=O)=O. The first-order valence-electron chi connectivity index (χ1n) is 7.95. The van der Waals surface area contributed by atoms with Gasteiger partial charge in [0.25, 0.3) is 0 Å². The Hall–Kier alpha value is -2.52. The van der Waals surface area contributed by atoms with Crippen LogP contribution in [0.1, 0.15) is 0 Å². The van der Waals surface area contributed by atoms with E-state index in [2.05, 4.69) is 20.7 Å². The molecule has 0 saturated heterocycles. The van der Waals surface area contributed by atoms with Gasteiger partial charge in [0.15, 0.2) is 16.4 Å². The quantitative estimate of drug-likeness (QED) is 0.648. The van der Waals surface area contributed by atoms with Crippen LogP contribution in [0.15, 0.2) is 56.9 Å². The van der Waals surface area contributed by atoms with E-state index < -0.39 is 20.7 Å². The van der Waals surface area contributed by atoms with Crippen LogP contribution in [-0.4, -0.2) is 34.7 Å². The van der Waals surface area contributed by atoms with E-state index in [1.807, 2.05) is 0 Å². The molecule has 0 aliphatic carbocycles. The van der Waals surface area contributed by atoms with Crippen LogP contribution in [0, 0.1) is 0 Å². The Morgan fingerprint density at radius 2 is 1.85 bits per heavy atom. The summed E-state index contributed by atoms with van der Waals surface area (Å²) in [6, 6.07) is 9.99. The van der Waals surface area contributed by atoms with Gasteiger partial charge in [0.2, 0.25) is 9.84 Å². The molecule has 0 N–H and O–H groups in total. The smallest absolute Gasteiger partial charge is 0.351 e. The zero-order valence-electron chi connectivity index (χ0n) is 14.1. The third kappa shape index (κ3) is 2.96. The van der Waals surface area contributed by atoms with Gasteiger partial charge in [0.05, 0.1) is 17.7 Å². The minimum Gasteiger partial charge on any atom is -0.486 e. The number of benzene rings is 2. The number of methoxy groups -OCH3 is 1. The number of anilines is 2. The van der Waals surface area contributed by atoms with Crippen LogP contribution < -0.4 is 14.4 Å². The first-order chi connectivity index (χ1) is 12.9. The standard InChI is InChI=1S/C18H14BrNO6S/c1-24-18(21)17-10-20(12-3-4-14-15(9-12)26-7-6-25-14)13-8-11(19)2-5-16(13)27(17,22)23/h2-5,8-10H,6-7H2,1H3. The number of nitrogens with zero attached hydrogens (tertiary/aromatic N) is 1. The summed E-state index contributed by atoms with van der Waals surface area (Å²) in [5.41, 5.74) is 1.03. The highest BCUT2D eigenvalue weighted by Crippen LogP contribution is 2.43. The van der Waals surface area contributed by atoms with Crippen LogP contribution in [0.5, 0.6) is 11.5 Å². The number of hydrogen-bond donors (Lipinski definition) is 0. The minimum absolute atomic E-state index is 0.0171. The van der Waals surface area contributed by atoms with Gasteiger partial charge in [-0.2, -0.15) is 0 Å².